The molecule has 0 spiro atoms. The van der Waals surface area contributed by atoms with Crippen LogP contribution in [-0.4, -0.2) is 24.7 Å². The Morgan fingerprint density at radius 2 is 1.02 bits per heavy atom. The van der Waals surface area contributed by atoms with E-state index in [1.165, 1.54) is 154 Å². The molecule has 1 aliphatic rings. The molecular weight excluding hydrogens is 576 g/mol. The topological polar surface area (TPSA) is 58.9 Å². The smallest absolute Gasteiger partial charge is 0.211 e. The van der Waals surface area contributed by atoms with Gasteiger partial charge >= 0.3 is 0 Å². The Kier molecular flexibility index (Phi) is 30.2. The van der Waals surface area contributed by atoms with E-state index in [9.17, 15) is 9.59 Å². The molecule has 4 nitrogen and oxygen atoms in total. The lowest BCUT2D eigenvalue weighted by Gasteiger charge is -2.39. The first-order valence-electron chi connectivity index (χ1n) is 20.7. The van der Waals surface area contributed by atoms with Gasteiger partial charge in [-0.3, -0.25) is 0 Å². The summed E-state index contributed by atoms with van der Waals surface area (Å²) in [6.07, 6.45) is 49.6. The van der Waals surface area contributed by atoms with Crippen LogP contribution in [-0.2, 0) is 9.59 Å². The van der Waals surface area contributed by atoms with E-state index in [-0.39, 0.29) is 6.04 Å². The minimum atomic E-state index is -0.0232. The molecule has 0 aliphatic heterocycles. The quantitative estimate of drug-likeness (QED) is 0.0306. The predicted octanol–water partition coefficient (Wildman–Crippen LogP) is 13.6. The van der Waals surface area contributed by atoms with Crippen LogP contribution in [0.25, 0.3) is 0 Å². The number of allylic oxidation sites excluding steroid dienone is 3. The normalized spacial score (nSPS) is 19.9. The molecule has 0 N–H and O–H groups in total. The van der Waals surface area contributed by atoms with E-state index in [0.29, 0.717) is 30.2 Å². The summed E-state index contributed by atoms with van der Waals surface area (Å²) in [7, 11) is 0. The Morgan fingerprint density at radius 1 is 0.553 bits per heavy atom. The maximum Gasteiger partial charge on any atom is 0.235 e. The van der Waals surface area contributed by atoms with Crippen molar-refractivity contribution < 1.29 is 9.59 Å². The van der Waals surface area contributed by atoms with E-state index >= 15 is 0 Å². The summed E-state index contributed by atoms with van der Waals surface area (Å²) in [5.74, 6) is 2.50. The predicted molar refractivity (Wildman–Crippen MR) is 203 cm³/mol. The second-order valence-corrected chi connectivity index (χ2v) is 14.7. The second-order valence-electron chi connectivity index (χ2n) is 14.7. The Morgan fingerprint density at radius 3 is 1.60 bits per heavy atom. The van der Waals surface area contributed by atoms with Crippen LogP contribution >= 0.6 is 0 Å². The van der Waals surface area contributed by atoms with Gasteiger partial charge in [0.05, 0.1) is 12.6 Å². The van der Waals surface area contributed by atoms with Crippen LogP contribution in [0.1, 0.15) is 201 Å². The highest BCUT2D eigenvalue weighted by Gasteiger charge is 2.34. The summed E-state index contributed by atoms with van der Waals surface area (Å²) in [5.41, 5.74) is 0. The van der Waals surface area contributed by atoms with Crippen molar-refractivity contribution in [1.29, 1.82) is 0 Å². The van der Waals surface area contributed by atoms with Gasteiger partial charge in [-0.15, -0.1) is 0 Å². The maximum absolute atomic E-state index is 11.4. The summed E-state index contributed by atoms with van der Waals surface area (Å²) in [6.45, 7) is 7.51. The molecule has 0 aromatic rings. The molecule has 270 valence electrons. The third-order valence-electron chi connectivity index (χ3n) is 10.7. The van der Waals surface area contributed by atoms with Gasteiger partial charge in [0.15, 0.2) is 0 Å². The van der Waals surface area contributed by atoms with Crippen LogP contribution in [0.2, 0.25) is 0 Å². The first kappa shape index (κ1) is 43.3. The van der Waals surface area contributed by atoms with E-state index in [2.05, 4.69) is 55.1 Å². The third kappa shape index (κ3) is 23.3. The van der Waals surface area contributed by atoms with Gasteiger partial charge in [-0.2, -0.15) is 4.99 Å². The molecule has 0 heterocycles. The summed E-state index contributed by atoms with van der Waals surface area (Å²) >= 11 is 0. The van der Waals surface area contributed by atoms with Gasteiger partial charge in [0.1, 0.15) is 0 Å². The Bertz CT molecular complexity index is 854. The fraction of sp³-hybridized carbons (Fsp3) is 0.860. The van der Waals surface area contributed by atoms with Crippen LogP contribution in [0.4, 0.5) is 0 Å². The SMILES string of the molecule is CCCCCCCCCCC1C=CC(CCCCCCCCCN=C=O)C(C=CC(CCCCCCCC)N=C=O)C1CCCCC. The van der Waals surface area contributed by atoms with Crippen LogP contribution in [0.5, 0.6) is 0 Å². The second kappa shape index (κ2) is 32.8. The van der Waals surface area contributed by atoms with Crippen LogP contribution in [0.15, 0.2) is 34.3 Å². The lowest BCUT2D eigenvalue weighted by Crippen LogP contribution is -2.31. The number of unbranched alkanes of at least 4 members (excludes halogenated alkanes) is 20. The Labute approximate surface area is 292 Å². The van der Waals surface area contributed by atoms with Crippen LogP contribution in [0, 0.1) is 23.7 Å². The van der Waals surface area contributed by atoms with Gasteiger partial charge < -0.3 is 0 Å². The summed E-state index contributed by atoms with van der Waals surface area (Å²) in [4.78, 5) is 29.6. The standard InChI is InChI=1S/C43H76N2O2/c1-4-7-10-12-14-16-19-24-28-39-32-33-40(29-25-20-17-15-18-22-27-36-44-37-46)43(42(39)31-23-9-6-3)35-34-41(45-38-47)30-26-21-13-11-8-5-2/h32-35,39-43H,4-31,36H2,1-3H3. The number of hydrogen-bond acceptors (Lipinski definition) is 4. The third-order valence-corrected chi connectivity index (χ3v) is 10.7. The Hall–Kier alpha value is -1.76. The average molecular weight is 653 g/mol. The van der Waals surface area contributed by atoms with Gasteiger partial charge in [-0.05, 0) is 55.8 Å². The van der Waals surface area contributed by atoms with E-state index in [0.717, 1.165) is 25.7 Å². The highest BCUT2D eigenvalue weighted by molar-refractivity contribution is 5.34. The van der Waals surface area contributed by atoms with Crippen molar-refractivity contribution >= 4 is 12.2 Å². The molecule has 0 bridgehead atoms. The summed E-state index contributed by atoms with van der Waals surface area (Å²) in [6, 6.07) is -0.0232. The number of nitrogens with zero attached hydrogens (tertiary/aromatic N) is 2. The van der Waals surface area contributed by atoms with E-state index in [1.54, 1.807) is 6.08 Å². The minimum Gasteiger partial charge on any atom is -0.211 e. The van der Waals surface area contributed by atoms with Crippen molar-refractivity contribution in [2.45, 2.75) is 207 Å². The Balaban J connectivity index is 2.89. The van der Waals surface area contributed by atoms with Crippen LogP contribution < -0.4 is 0 Å². The molecule has 0 saturated heterocycles. The van der Waals surface area contributed by atoms with Gasteiger partial charge in [-0.1, -0.05) is 193 Å². The molecule has 1 rings (SSSR count). The van der Waals surface area contributed by atoms with Gasteiger partial charge in [-0.25, -0.2) is 14.6 Å². The van der Waals surface area contributed by atoms with E-state index in [4.69, 9.17) is 0 Å². The van der Waals surface area contributed by atoms with Crippen molar-refractivity contribution in [2.24, 2.45) is 33.7 Å². The summed E-state index contributed by atoms with van der Waals surface area (Å²) in [5, 5.41) is 0. The monoisotopic (exact) mass is 653 g/mol. The van der Waals surface area contributed by atoms with Gasteiger partial charge in [0.25, 0.3) is 0 Å². The first-order chi connectivity index (χ1) is 23.2. The number of hydrogen-bond donors (Lipinski definition) is 0. The number of carbonyl (C=O) groups excluding carboxylic acids is 2. The molecule has 5 atom stereocenters. The van der Waals surface area contributed by atoms with Crippen molar-refractivity contribution in [2.75, 3.05) is 6.54 Å². The number of isocyanates is 2. The molecule has 47 heavy (non-hydrogen) atoms. The molecule has 0 saturated carbocycles. The summed E-state index contributed by atoms with van der Waals surface area (Å²) < 4.78 is 0. The van der Waals surface area contributed by atoms with E-state index < -0.39 is 0 Å². The first-order valence-corrected chi connectivity index (χ1v) is 20.7. The fourth-order valence-corrected chi connectivity index (χ4v) is 7.76. The molecular formula is C43H76N2O2. The maximum atomic E-state index is 11.4. The zero-order valence-electron chi connectivity index (χ0n) is 31.4. The average Bonchev–Trinajstić information content (AvgIpc) is 3.08. The lowest BCUT2D eigenvalue weighted by atomic mass is 9.66. The van der Waals surface area contributed by atoms with E-state index in [1.807, 2.05) is 6.08 Å². The van der Waals surface area contributed by atoms with Crippen molar-refractivity contribution in [1.82, 2.24) is 0 Å². The van der Waals surface area contributed by atoms with Crippen molar-refractivity contribution in [3.8, 4) is 0 Å². The van der Waals surface area contributed by atoms with Crippen molar-refractivity contribution in [3.05, 3.63) is 24.3 Å². The zero-order chi connectivity index (χ0) is 34.0. The zero-order valence-corrected chi connectivity index (χ0v) is 31.4. The molecule has 0 aromatic heterocycles. The highest BCUT2D eigenvalue weighted by Crippen LogP contribution is 2.43. The van der Waals surface area contributed by atoms with Crippen LogP contribution in [0.3, 0.4) is 0 Å². The molecule has 0 fully saturated rings. The number of rotatable bonds is 33. The highest BCUT2D eigenvalue weighted by atomic mass is 16.1. The largest absolute Gasteiger partial charge is 0.235 e. The molecule has 0 amide bonds. The fourth-order valence-electron chi connectivity index (χ4n) is 7.76. The lowest BCUT2D eigenvalue weighted by molar-refractivity contribution is 0.196. The molecule has 5 unspecified atom stereocenters. The molecule has 4 heteroatoms. The minimum absolute atomic E-state index is 0.0232. The molecule has 1 aliphatic carbocycles. The van der Waals surface area contributed by atoms with Gasteiger partial charge in [0.2, 0.25) is 12.2 Å². The van der Waals surface area contributed by atoms with Gasteiger partial charge in [0, 0.05) is 0 Å². The van der Waals surface area contributed by atoms with Crippen molar-refractivity contribution in [3.63, 3.8) is 0 Å². The molecule has 0 radical (unpaired) electrons. The number of aliphatic imine (C=N–C) groups is 2. The molecule has 0 aromatic carbocycles.